The van der Waals surface area contributed by atoms with Crippen molar-refractivity contribution in [3.8, 4) is 16.3 Å². The highest BCUT2D eigenvalue weighted by Gasteiger charge is 2.48. The van der Waals surface area contributed by atoms with Crippen molar-refractivity contribution in [2.75, 3.05) is 5.73 Å². The zero-order valence-electron chi connectivity index (χ0n) is 11.7. The summed E-state index contributed by atoms with van der Waals surface area (Å²) in [5.74, 6) is -0.490. The van der Waals surface area contributed by atoms with Gasteiger partial charge in [0.25, 0.3) is 0 Å². The zero-order chi connectivity index (χ0) is 17.5. The lowest BCUT2D eigenvalue weighted by Gasteiger charge is -2.11. The maximum absolute atomic E-state index is 12.4. The Kier molecular flexibility index (Phi) is 3.88. The number of nitrogens with two attached hydrogens (primary N) is 1. The van der Waals surface area contributed by atoms with Gasteiger partial charge in [0.2, 0.25) is 0 Å². The molecule has 0 saturated carbocycles. The van der Waals surface area contributed by atoms with Crippen LogP contribution < -0.4 is 9.92 Å². The molecule has 0 aliphatic rings. The molecule has 0 aliphatic carbocycles. The van der Waals surface area contributed by atoms with E-state index in [0.717, 1.165) is 16.8 Å². The predicted molar refractivity (Wildman–Crippen MR) is 85.1 cm³/mol. The first-order valence-corrected chi connectivity index (χ1v) is 8.66. The van der Waals surface area contributed by atoms with Crippen LogP contribution in [-0.2, 0) is 10.1 Å². The number of hydrogen-bond acceptors (Lipinski definition) is 6. The van der Waals surface area contributed by atoms with Crippen molar-refractivity contribution in [1.29, 1.82) is 0 Å². The van der Waals surface area contributed by atoms with Crippen LogP contribution in [0.5, 0.6) is 5.75 Å². The number of hydrogen-bond donors (Lipinski definition) is 1. The summed E-state index contributed by atoms with van der Waals surface area (Å²) in [7, 11) is -5.75. The summed E-state index contributed by atoms with van der Waals surface area (Å²) in [5, 5.41) is 0.448. The van der Waals surface area contributed by atoms with Crippen molar-refractivity contribution in [2.24, 2.45) is 0 Å². The SMILES string of the molecule is Nc1ccc(OS(=O)(=O)C(F)(F)F)cc1-c1nc2ccccc2s1. The minimum absolute atomic E-state index is 0.241. The van der Waals surface area contributed by atoms with Gasteiger partial charge < -0.3 is 9.92 Å². The number of aromatic nitrogens is 1. The zero-order valence-corrected chi connectivity index (χ0v) is 13.4. The van der Waals surface area contributed by atoms with Gasteiger partial charge in [0.15, 0.2) is 0 Å². The van der Waals surface area contributed by atoms with E-state index in [1.165, 1.54) is 17.4 Å². The quantitative estimate of drug-likeness (QED) is 0.429. The average molecular weight is 374 g/mol. The molecular weight excluding hydrogens is 365 g/mol. The lowest BCUT2D eigenvalue weighted by molar-refractivity contribution is -0.0500. The monoisotopic (exact) mass is 374 g/mol. The van der Waals surface area contributed by atoms with Gasteiger partial charge in [0.05, 0.1) is 10.2 Å². The third-order valence-electron chi connectivity index (χ3n) is 3.04. The van der Waals surface area contributed by atoms with Gasteiger partial charge in [-0.3, -0.25) is 0 Å². The van der Waals surface area contributed by atoms with E-state index < -0.39 is 21.4 Å². The van der Waals surface area contributed by atoms with Gasteiger partial charge in [-0.25, -0.2) is 4.98 Å². The second-order valence-corrected chi connectivity index (χ2v) is 7.29. The van der Waals surface area contributed by atoms with Gasteiger partial charge in [-0.2, -0.15) is 21.6 Å². The number of benzene rings is 2. The van der Waals surface area contributed by atoms with Crippen molar-refractivity contribution in [3.05, 3.63) is 42.5 Å². The number of fused-ring (bicyclic) bond motifs is 1. The van der Waals surface area contributed by atoms with Crippen molar-refractivity contribution in [3.63, 3.8) is 0 Å². The minimum atomic E-state index is -5.75. The molecule has 0 aliphatic heterocycles. The van der Waals surface area contributed by atoms with Crippen LogP contribution in [0, 0.1) is 0 Å². The lowest BCUT2D eigenvalue weighted by Crippen LogP contribution is -2.28. The van der Waals surface area contributed by atoms with E-state index in [4.69, 9.17) is 5.73 Å². The molecule has 0 amide bonds. The predicted octanol–water partition coefficient (Wildman–Crippen LogP) is 3.77. The molecule has 126 valence electrons. The summed E-state index contributed by atoms with van der Waals surface area (Å²) in [4.78, 5) is 4.34. The van der Waals surface area contributed by atoms with E-state index in [2.05, 4.69) is 9.17 Å². The molecule has 5 nitrogen and oxygen atoms in total. The normalized spacial score (nSPS) is 12.5. The number of anilines is 1. The van der Waals surface area contributed by atoms with Crippen LogP contribution in [0.25, 0.3) is 20.8 Å². The Morgan fingerprint density at radius 1 is 1.12 bits per heavy atom. The maximum atomic E-state index is 12.4. The highest BCUT2D eigenvalue weighted by molar-refractivity contribution is 7.88. The molecule has 3 aromatic rings. The topological polar surface area (TPSA) is 82.3 Å². The number of rotatable bonds is 3. The van der Waals surface area contributed by atoms with Gasteiger partial charge in [0.1, 0.15) is 10.8 Å². The molecular formula is C14H9F3N2O3S2. The Bertz CT molecular complexity index is 981. The molecule has 0 saturated heterocycles. The van der Waals surface area contributed by atoms with E-state index in [-0.39, 0.29) is 5.69 Å². The molecule has 2 aromatic carbocycles. The molecule has 0 radical (unpaired) electrons. The van der Waals surface area contributed by atoms with Crippen molar-refractivity contribution in [2.45, 2.75) is 5.51 Å². The highest BCUT2D eigenvalue weighted by Crippen LogP contribution is 2.36. The van der Waals surface area contributed by atoms with Crippen LogP contribution >= 0.6 is 11.3 Å². The first-order chi connectivity index (χ1) is 11.2. The molecule has 2 N–H and O–H groups in total. The van der Waals surface area contributed by atoms with Crippen LogP contribution in [0.15, 0.2) is 42.5 Å². The number of thiazole rings is 1. The molecule has 0 atom stereocenters. The molecule has 3 rings (SSSR count). The van der Waals surface area contributed by atoms with Gasteiger partial charge in [0, 0.05) is 11.3 Å². The van der Waals surface area contributed by atoms with Crippen molar-refractivity contribution < 1.29 is 25.8 Å². The summed E-state index contributed by atoms with van der Waals surface area (Å²) in [6.07, 6.45) is 0. The number of alkyl halides is 3. The minimum Gasteiger partial charge on any atom is -0.398 e. The molecule has 1 heterocycles. The molecule has 0 fully saturated rings. The smallest absolute Gasteiger partial charge is 0.398 e. The van der Waals surface area contributed by atoms with E-state index in [9.17, 15) is 21.6 Å². The molecule has 0 bridgehead atoms. The Hall–Kier alpha value is -2.33. The summed E-state index contributed by atoms with van der Waals surface area (Å²) >= 11 is 1.28. The fourth-order valence-corrected chi connectivity index (χ4v) is 3.39. The summed E-state index contributed by atoms with van der Waals surface area (Å²) in [5.41, 5.74) is 1.56. The number of nitrogen functional groups attached to an aromatic ring is 1. The number of nitrogens with zero attached hydrogens (tertiary/aromatic N) is 1. The van der Waals surface area contributed by atoms with Gasteiger partial charge >= 0.3 is 15.6 Å². The standard InChI is InChI=1S/C14H9F3N2O3S2/c15-14(16,17)24(20,21)22-8-5-6-10(18)9(7-8)13-19-11-3-1-2-4-12(11)23-13/h1-7H,18H2. The van der Waals surface area contributed by atoms with Crippen LogP contribution in [0.2, 0.25) is 0 Å². The van der Waals surface area contributed by atoms with Crippen LogP contribution in [0.3, 0.4) is 0 Å². The number of halogens is 3. The van der Waals surface area contributed by atoms with Crippen molar-refractivity contribution in [1.82, 2.24) is 4.98 Å². The van der Waals surface area contributed by atoms with E-state index in [1.54, 1.807) is 12.1 Å². The third kappa shape index (κ3) is 3.02. The summed E-state index contributed by atoms with van der Waals surface area (Å²) < 4.78 is 64.4. The number of para-hydroxylation sites is 1. The second-order valence-electron chi connectivity index (χ2n) is 4.72. The average Bonchev–Trinajstić information content (AvgIpc) is 2.91. The lowest BCUT2D eigenvalue weighted by atomic mass is 10.2. The Morgan fingerprint density at radius 3 is 2.50 bits per heavy atom. The van der Waals surface area contributed by atoms with Crippen molar-refractivity contribution >= 4 is 37.4 Å². The largest absolute Gasteiger partial charge is 0.534 e. The van der Waals surface area contributed by atoms with Gasteiger partial charge in [-0.1, -0.05) is 12.1 Å². The van der Waals surface area contributed by atoms with Gasteiger partial charge in [-0.05, 0) is 30.3 Å². The molecule has 0 unspecified atom stereocenters. The van der Waals surface area contributed by atoms with Crippen LogP contribution in [-0.4, -0.2) is 18.9 Å². The molecule has 0 spiro atoms. The Labute approximate surface area is 138 Å². The summed E-state index contributed by atoms with van der Waals surface area (Å²) in [6.45, 7) is 0. The fraction of sp³-hybridized carbons (Fsp3) is 0.0714. The van der Waals surface area contributed by atoms with E-state index in [1.807, 2.05) is 12.1 Å². The Morgan fingerprint density at radius 2 is 1.83 bits per heavy atom. The first-order valence-electron chi connectivity index (χ1n) is 6.43. The first kappa shape index (κ1) is 16.5. The van der Waals surface area contributed by atoms with E-state index in [0.29, 0.717) is 16.1 Å². The van der Waals surface area contributed by atoms with Crippen LogP contribution in [0.1, 0.15) is 0 Å². The summed E-state index contributed by atoms with van der Waals surface area (Å²) in [6, 6.07) is 10.7. The fourth-order valence-electron chi connectivity index (χ4n) is 1.93. The van der Waals surface area contributed by atoms with Gasteiger partial charge in [-0.15, -0.1) is 11.3 Å². The second kappa shape index (κ2) is 5.64. The van der Waals surface area contributed by atoms with Crippen LogP contribution in [0.4, 0.5) is 18.9 Å². The highest BCUT2D eigenvalue weighted by atomic mass is 32.2. The molecule has 24 heavy (non-hydrogen) atoms. The molecule has 10 heteroatoms. The molecule has 1 aromatic heterocycles. The third-order valence-corrected chi connectivity index (χ3v) is 5.09. The Balaban J connectivity index is 2.04. The van der Waals surface area contributed by atoms with E-state index >= 15 is 0 Å². The maximum Gasteiger partial charge on any atom is 0.534 e.